The van der Waals surface area contributed by atoms with Gasteiger partial charge in [-0.1, -0.05) is 23.2 Å². The number of aromatic nitrogens is 2. The van der Waals surface area contributed by atoms with E-state index in [0.29, 0.717) is 12.1 Å². The Labute approximate surface area is 121 Å². The molecule has 2 aromatic heterocycles. The van der Waals surface area contributed by atoms with Crippen LogP contribution < -0.4 is 4.90 Å². The van der Waals surface area contributed by atoms with Gasteiger partial charge in [-0.05, 0) is 25.1 Å². The number of carbonyl (C=O) groups excluding carboxylic acids is 1. The summed E-state index contributed by atoms with van der Waals surface area (Å²) in [5.41, 5.74) is 1.09. The maximum atomic E-state index is 12.5. The highest BCUT2D eigenvalue weighted by molar-refractivity contribution is 6.35. The fourth-order valence-corrected chi connectivity index (χ4v) is 2.03. The van der Waals surface area contributed by atoms with Crippen molar-refractivity contribution >= 4 is 34.8 Å². The minimum absolute atomic E-state index is 0.219. The van der Waals surface area contributed by atoms with Crippen LogP contribution in [0, 0.1) is 0 Å². The second kappa shape index (κ2) is 5.99. The Morgan fingerprint density at radius 2 is 2.00 bits per heavy atom. The molecule has 0 aromatic carbocycles. The largest absolute Gasteiger partial charge is 0.308 e. The maximum absolute atomic E-state index is 12.5. The van der Waals surface area contributed by atoms with Gasteiger partial charge in [0.1, 0.15) is 5.15 Å². The molecule has 1 amide bonds. The van der Waals surface area contributed by atoms with E-state index in [2.05, 4.69) is 9.97 Å². The van der Waals surface area contributed by atoms with Crippen molar-refractivity contribution in [3.8, 4) is 0 Å². The third-order valence-electron chi connectivity index (χ3n) is 2.59. The van der Waals surface area contributed by atoms with Gasteiger partial charge in [0.2, 0.25) is 0 Å². The molecule has 6 heteroatoms. The molecule has 0 spiro atoms. The number of hydrogen-bond acceptors (Lipinski definition) is 3. The summed E-state index contributed by atoms with van der Waals surface area (Å²) in [6, 6.07) is 4.99. The predicted octanol–water partition coefficient (Wildman–Crippen LogP) is 3.45. The van der Waals surface area contributed by atoms with Crippen molar-refractivity contribution in [3.63, 3.8) is 0 Å². The highest BCUT2D eigenvalue weighted by atomic mass is 35.5. The molecule has 2 rings (SSSR count). The van der Waals surface area contributed by atoms with Crippen LogP contribution in [0.25, 0.3) is 0 Å². The van der Waals surface area contributed by atoms with Gasteiger partial charge >= 0.3 is 0 Å². The molecule has 0 N–H and O–H groups in total. The Hall–Kier alpha value is -1.65. The molecule has 0 unspecified atom stereocenters. The van der Waals surface area contributed by atoms with Crippen LogP contribution in [-0.4, -0.2) is 22.4 Å². The second-order valence-electron chi connectivity index (χ2n) is 3.74. The van der Waals surface area contributed by atoms with Crippen molar-refractivity contribution in [2.45, 2.75) is 6.92 Å². The lowest BCUT2D eigenvalue weighted by Crippen LogP contribution is -2.30. The Balaban J connectivity index is 2.39. The monoisotopic (exact) mass is 295 g/mol. The zero-order chi connectivity index (χ0) is 13.8. The van der Waals surface area contributed by atoms with Crippen molar-refractivity contribution < 1.29 is 4.79 Å². The maximum Gasteiger partial charge on any atom is 0.259 e. The van der Waals surface area contributed by atoms with Crippen LogP contribution in [-0.2, 0) is 0 Å². The van der Waals surface area contributed by atoms with Crippen LogP contribution >= 0.6 is 23.2 Å². The molecule has 0 radical (unpaired) electrons. The summed E-state index contributed by atoms with van der Waals surface area (Å²) in [4.78, 5) is 21.8. The molecule has 0 aliphatic rings. The van der Waals surface area contributed by atoms with E-state index in [4.69, 9.17) is 23.2 Å². The fraction of sp³-hybridized carbons (Fsp3) is 0.154. The fourth-order valence-electron chi connectivity index (χ4n) is 1.69. The van der Waals surface area contributed by atoms with E-state index in [1.165, 1.54) is 12.3 Å². The van der Waals surface area contributed by atoms with E-state index >= 15 is 0 Å². The molecule has 4 nitrogen and oxygen atoms in total. The first-order valence-corrected chi connectivity index (χ1v) is 6.42. The number of hydrogen-bond donors (Lipinski definition) is 0. The summed E-state index contributed by atoms with van der Waals surface area (Å²) in [5, 5.41) is 0.514. The normalized spacial score (nSPS) is 10.3. The summed E-state index contributed by atoms with van der Waals surface area (Å²) >= 11 is 11.8. The number of amides is 1. The zero-order valence-corrected chi connectivity index (χ0v) is 11.7. The highest BCUT2D eigenvalue weighted by Gasteiger charge is 2.19. The highest BCUT2D eigenvalue weighted by Crippen LogP contribution is 2.22. The number of nitrogens with zero attached hydrogens (tertiary/aromatic N) is 3. The summed E-state index contributed by atoms with van der Waals surface area (Å²) in [5.74, 6) is -0.219. The van der Waals surface area contributed by atoms with Gasteiger partial charge in [0.05, 0.1) is 10.6 Å². The van der Waals surface area contributed by atoms with Gasteiger partial charge in [-0.15, -0.1) is 0 Å². The predicted molar refractivity (Wildman–Crippen MR) is 75.8 cm³/mol. The van der Waals surface area contributed by atoms with E-state index in [0.717, 1.165) is 5.69 Å². The molecule has 2 heterocycles. The Morgan fingerprint density at radius 1 is 1.32 bits per heavy atom. The average molecular weight is 296 g/mol. The summed E-state index contributed by atoms with van der Waals surface area (Å²) in [6.45, 7) is 2.40. The standard InChI is InChI=1S/C13H11Cl2N3O/c1-2-18(9-3-5-16-6-4-9)13(19)10-7-12(15)17-8-11(10)14/h3-8H,2H2,1H3. The smallest absolute Gasteiger partial charge is 0.259 e. The molecule has 0 saturated heterocycles. The molecule has 19 heavy (non-hydrogen) atoms. The van der Waals surface area contributed by atoms with E-state index in [1.807, 2.05) is 6.92 Å². The van der Waals surface area contributed by atoms with Gasteiger partial charge in [-0.3, -0.25) is 9.78 Å². The lowest BCUT2D eigenvalue weighted by atomic mass is 10.2. The lowest BCUT2D eigenvalue weighted by Gasteiger charge is -2.21. The quantitative estimate of drug-likeness (QED) is 0.815. The molecule has 0 aliphatic heterocycles. The molecule has 0 saturated carbocycles. The summed E-state index contributed by atoms with van der Waals surface area (Å²) in [7, 11) is 0. The first-order chi connectivity index (χ1) is 9.13. The number of rotatable bonds is 3. The second-order valence-corrected chi connectivity index (χ2v) is 4.54. The minimum atomic E-state index is -0.219. The van der Waals surface area contributed by atoms with Gasteiger partial charge in [0, 0.05) is 30.8 Å². The van der Waals surface area contributed by atoms with E-state index < -0.39 is 0 Å². The van der Waals surface area contributed by atoms with E-state index in [1.54, 1.807) is 29.4 Å². The number of halogens is 2. The first-order valence-electron chi connectivity index (χ1n) is 5.66. The van der Waals surface area contributed by atoms with Gasteiger partial charge in [0.15, 0.2) is 0 Å². The SMILES string of the molecule is CCN(C(=O)c1cc(Cl)ncc1Cl)c1ccncc1. The lowest BCUT2D eigenvalue weighted by molar-refractivity contribution is 0.0988. The molecule has 0 fully saturated rings. The Bertz CT molecular complexity index is 590. The topological polar surface area (TPSA) is 46.1 Å². The van der Waals surface area contributed by atoms with Gasteiger partial charge in [-0.25, -0.2) is 4.98 Å². The molecular formula is C13H11Cl2N3O. The Morgan fingerprint density at radius 3 is 2.63 bits per heavy atom. The molecule has 2 aromatic rings. The number of pyridine rings is 2. The molecule has 0 atom stereocenters. The van der Waals surface area contributed by atoms with Crippen LogP contribution in [0.2, 0.25) is 10.2 Å². The van der Waals surface area contributed by atoms with Gasteiger partial charge in [-0.2, -0.15) is 0 Å². The van der Waals surface area contributed by atoms with E-state index in [9.17, 15) is 4.79 Å². The van der Waals surface area contributed by atoms with E-state index in [-0.39, 0.29) is 16.1 Å². The molecule has 0 aliphatic carbocycles. The van der Waals surface area contributed by atoms with Crippen molar-refractivity contribution in [2.24, 2.45) is 0 Å². The van der Waals surface area contributed by atoms with Crippen LogP contribution in [0.15, 0.2) is 36.8 Å². The number of anilines is 1. The van der Waals surface area contributed by atoms with Crippen LogP contribution in [0.3, 0.4) is 0 Å². The van der Waals surface area contributed by atoms with Gasteiger partial charge < -0.3 is 4.90 Å². The first kappa shape index (κ1) is 13.8. The summed E-state index contributed by atoms with van der Waals surface area (Å²) < 4.78 is 0. The minimum Gasteiger partial charge on any atom is -0.308 e. The van der Waals surface area contributed by atoms with Crippen molar-refractivity contribution in [1.82, 2.24) is 9.97 Å². The molecular weight excluding hydrogens is 285 g/mol. The Kier molecular flexibility index (Phi) is 4.35. The average Bonchev–Trinajstić information content (AvgIpc) is 2.43. The third-order valence-corrected chi connectivity index (χ3v) is 3.10. The van der Waals surface area contributed by atoms with Crippen LogP contribution in [0.4, 0.5) is 5.69 Å². The molecule has 98 valence electrons. The van der Waals surface area contributed by atoms with Crippen LogP contribution in [0.1, 0.15) is 17.3 Å². The molecule has 0 bridgehead atoms. The summed E-state index contributed by atoms with van der Waals surface area (Å²) in [6.07, 6.45) is 4.64. The number of carbonyl (C=O) groups is 1. The third kappa shape index (κ3) is 3.03. The van der Waals surface area contributed by atoms with Crippen LogP contribution in [0.5, 0.6) is 0 Å². The van der Waals surface area contributed by atoms with Gasteiger partial charge in [0.25, 0.3) is 5.91 Å². The van der Waals surface area contributed by atoms with Crippen molar-refractivity contribution in [1.29, 1.82) is 0 Å². The van der Waals surface area contributed by atoms with Crippen molar-refractivity contribution in [2.75, 3.05) is 11.4 Å². The van der Waals surface area contributed by atoms with Crippen molar-refractivity contribution in [3.05, 3.63) is 52.5 Å². The zero-order valence-electron chi connectivity index (χ0n) is 10.2.